The second-order valence-electron chi connectivity index (χ2n) is 4.06. The molecule has 1 heterocycles. The van der Waals surface area contributed by atoms with Gasteiger partial charge < -0.3 is 5.73 Å². The Balaban J connectivity index is 2.84. The molecule has 16 heavy (non-hydrogen) atoms. The Morgan fingerprint density at radius 1 is 1.38 bits per heavy atom. The topological polar surface area (TPSA) is 38.9 Å². The van der Waals surface area contributed by atoms with Crippen LogP contribution in [0.25, 0.3) is 10.9 Å². The van der Waals surface area contributed by atoms with Gasteiger partial charge >= 0.3 is 0 Å². The lowest BCUT2D eigenvalue weighted by atomic mass is 10.0. The number of pyridine rings is 1. The Bertz CT molecular complexity index is 552. The van der Waals surface area contributed by atoms with Gasteiger partial charge in [0, 0.05) is 23.3 Å². The van der Waals surface area contributed by atoms with Crippen molar-refractivity contribution < 1.29 is 4.39 Å². The Hall–Kier alpha value is -1.35. The fourth-order valence-electron chi connectivity index (χ4n) is 1.74. The van der Waals surface area contributed by atoms with E-state index in [0.29, 0.717) is 21.6 Å². The minimum absolute atomic E-state index is 0.262. The van der Waals surface area contributed by atoms with Crippen LogP contribution < -0.4 is 5.73 Å². The van der Waals surface area contributed by atoms with Gasteiger partial charge in [-0.2, -0.15) is 0 Å². The molecule has 4 heteroatoms. The molecule has 0 aliphatic carbocycles. The van der Waals surface area contributed by atoms with Crippen LogP contribution in [-0.4, -0.2) is 4.98 Å². The summed E-state index contributed by atoms with van der Waals surface area (Å²) in [6, 6.07) is 2.59. The summed E-state index contributed by atoms with van der Waals surface area (Å²) in [6.45, 7) is 4.05. The summed E-state index contributed by atoms with van der Waals surface area (Å²) in [5, 5.41) is 0.941. The highest BCUT2D eigenvalue weighted by Gasteiger charge is 2.12. The Morgan fingerprint density at radius 2 is 2.06 bits per heavy atom. The molecular formula is C12H12ClFN2. The zero-order chi connectivity index (χ0) is 11.9. The molecule has 0 atom stereocenters. The molecule has 0 amide bonds. The van der Waals surface area contributed by atoms with Crippen molar-refractivity contribution in [2.75, 3.05) is 5.73 Å². The maximum absolute atomic E-state index is 13.1. The van der Waals surface area contributed by atoms with Crippen molar-refractivity contribution in [3.63, 3.8) is 0 Å². The van der Waals surface area contributed by atoms with Gasteiger partial charge in [-0.3, -0.25) is 4.98 Å². The summed E-state index contributed by atoms with van der Waals surface area (Å²) in [7, 11) is 0. The first-order valence-corrected chi connectivity index (χ1v) is 5.41. The number of anilines is 1. The summed E-state index contributed by atoms with van der Waals surface area (Å²) in [5.41, 5.74) is 8.04. The largest absolute Gasteiger partial charge is 0.398 e. The quantitative estimate of drug-likeness (QED) is 0.822. The monoisotopic (exact) mass is 238 g/mol. The molecule has 0 aliphatic rings. The highest BCUT2D eigenvalue weighted by atomic mass is 35.5. The maximum atomic E-state index is 13.1. The molecule has 2 N–H and O–H groups in total. The number of nitrogen functional groups attached to an aromatic ring is 1. The lowest BCUT2D eigenvalue weighted by Crippen LogP contribution is -2.00. The third kappa shape index (κ3) is 1.71. The number of nitrogens with zero attached hydrogens (tertiary/aromatic N) is 1. The Morgan fingerprint density at radius 3 is 2.69 bits per heavy atom. The summed E-state index contributed by atoms with van der Waals surface area (Å²) < 4.78 is 13.1. The first-order valence-electron chi connectivity index (χ1n) is 5.04. The zero-order valence-electron chi connectivity index (χ0n) is 9.09. The van der Waals surface area contributed by atoms with Crippen molar-refractivity contribution in [2.24, 2.45) is 0 Å². The Labute approximate surface area is 98.2 Å². The van der Waals surface area contributed by atoms with Crippen molar-refractivity contribution >= 4 is 28.2 Å². The molecule has 84 valence electrons. The molecule has 0 aliphatic heterocycles. The van der Waals surface area contributed by atoms with Crippen LogP contribution in [0.1, 0.15) is 25.3 Å². The number of benzene rings is 1. The van der Waals surface area contributed by atoms with Crippen LogP contribution in [-0.2, 0) is 0 Å². The van der Waals surface area contributed by atoms with Gasteiger partial charge in [0.15, 0.2) is 0 Å². The van der Waals surface area contributed by atoms with Gasteiger partial charge in [0.05, 0.1) is 10.5 Å². The van der Waals surface area contributed by atoms with E-state index >= 15 is 0 Å². The van der Waals surface area contributed by atoms with Crippen molar-refractivity contribution in [1.29, 1.82) is 0 Å². The number of hydrogen-bond donors (Lipinski definition) is 1. The normalized spacial score (nSPS) is 11.3. The standard InChI is InChI=1S/C12H12ClFN2/c1-6(2)8-5-16-10-4-7(14)3-9(13)11(10)12(8)15/h3-6H,1-2H3,(H2,15,16). The molecular weight excluding hydrogens is 227 g/mol. The molecule has 1 aromatic heterocycles. The summed E-state index contributed by atoms with van der Waals surface area (Å²) in [5.74, 6) is -0.139. The van der Waals surface area contributed by atoms with E-state index in [2.05, 4.69) is 4.98 Å². The second-order valence-corrected chi connectivity index (χ2v) is 4.47. The third-order valence-electron chi connectivity index (χ3n) is 2.58. The smallest absolute Gasteiger partial charge is 0.126 e. The van der Waals surface area contributed by atoms with Gasteiger partial charge in [0.25, 0.3) is 0 Å². The predicted molar refractivity (Wildman–Crippen MR) is 65.2 cm³/mol. The van der Waals surface area contributed by atoms with Gasteiger partial charge in [-0.05, 0) is 17.5 Å². The molecule has 1 aromatic carbocycles. The molecule has 2 nitrogen and oxygen atoms in total. The second kappa shape index (κ2) is 3.91. The zero-order valence-corrected chi connectivity index (χ0v) is 9.85. The van der Waals surface area contributed by atoms with Crippen molar-refractivity contribution in [1.82, 2.24) is 4.98 Å². The molecule has 0 bridgehead atoms. The van der Waals surface area contributed by atoms with Crippen molar-refractivity contribution in [2.45, 2.75) is 19.8 Å². The molecule has 0 saturated heterocycles. The van der Waals surface area contributed by atoms with Crippen molar-refractivity contribution in [3.05, 3.63) is 34.7 Å². The number of hydrogen-bond acceptors (Lipinski definition) is 2. The summed E-state index contributed by atoms with van der Waals surface area (Å²) >= 11 is 5.98. The van der Waals surface area contributed by atoms with Crippen LogP contribution >= 0.6 is 11.6 Å². The van der Waals surface area contributed by atoms with Crippen LogP contribution in [0.5, 0.6) is 0 Å². The minimum Gasteiger partial charge on any atom is -0.398 e. The molecule has 2 rings (SSSR count). The van der Waals surface area contributed by atoms with Crippen molar-refractivity contribution in [3.8, 4) is 0 Å². The third-order valence-corrected chi connectivity index (χ3v) is 2.88. The predicted octanol–water partition coefficient (Wildman–Crippen LogP) is 3.73. The van der Waals surface area contributed by atoms with Gasteiger partial charge in [-0.1, -0.05) is 25.4 Å². The lowest BCUT2D eigenvalue weighted by Gasteiger charge is -2.12. The van der Waals surface area contributed by atoms with Gasteiger partial charge in [0.1, 0.15) is 5.82 Å². The van der Waals surface area contributed by atoms with E-state index in [9.17, 15) is 4.39 Å². The van der Waals surface area contributed by atoms with E-state index in [4.69, 9.17) is 17.3 Å². The first kappa shape index (κ1) is 11.1. The van der Waals surface area contributed by atoms with E-state index in [0.717, 1.165) is 5.56 Å². The van der Waals surface area contributed by atoms with E-state index in [1.54, 1.807) is 6.20 Å². The molecule has 0 unspecified atom stereocenters. The SMILES string of the molecule is CC(C)c1cnc2cc(F)cc(Cl)c2c1N. The van der Waals surface area contributed by atoms with Crippen LogP contribution in [0.2, 0.25) is 5.02 Å². The number of rotatable bonds is 1. The van der Waals surface area contributed by atoms with E-state index in [1.807, 2.05) is 13.8 Å². The minimum atomic E-state index is -0.401. The molecule has 0 saturated carbocycles. The average Bonchev–Trinajstić information content (AvgIpc) is 2.15. The summed E-state index contributed by atoms with van der Waals surface area (Å²) in [6.07, 6.45) is 1.68. The Kier molecular flexibility index (Phi) is 2.72. The van der Waals surface area contributed by atoms with E-state index in [-0.39, 0.29) is 5.92 Å². The number of halogens is 2. The lowest BCUT2D eigenvalue weighted by molar-refractivity contribution is 0.629. The molecule has 2 aromatic rings. The average molecular weight is 239 g/mol. The molecule has 0 spiro atoms. The molecule has 0 fully saturated rings. The van der Waals surface area contributed by atoms with Gasteiger partial charge in [0.2, 0.25) is 0 Å². The van der Waals surface area contributed by atoms with E-state index < -0.39 is 5.82 Å². The fraction of sp³-hybridized carbons (Fsp3) is 0.250. The number of aromatic nitrogens is 1. The maximum Gasteiger partial charge on any atom is 0.126 e. The fourth-order valence-corrected chi connectivity index (χ4v) is 2.04. The highest BCUT2D eigenvalue weighted by Crippen LogP contribution is 2.33. The summed E-state index contributed by atoms with van der Waals surface area (Å²) in [4.78, 5) is 4.18. The van der Waals surface area contributed by atoms with Gasteiger partial charge in [-0.15, -0.1) is 0 Å². The number of nitrogens with two attached hydrogens (primary N) is 1. The highest BCUT2D eigenvalue weighted by molar-refractivity contribution is 6.36. The van der Waals surface area contributed by atoms with Crippen LogP contribution in [0.3, 0.4) is 0 Å². The van der Waals surface area contributed by atoms with Crippen LogP contribution in [0.15, 0.2) is 18.3 Å². The van der Waals surface area contributed by atoms with E-state index in [1.165, 1.54) is 12.1 Å². The van der Waals surface area contributed by atoms with Gasteiger partial charge in [-0.25, -0.2) is 4.39 Å². The first-order chi connectivity index (χ1) is 7.50. The van der Waals surface area contributed by atoms with Crippen LogP contribution in [0, 0.1) is 5.82 Å². The van der Waals surface area contributed by atoms with Crippen LogP contribution in [0.4, 0.5) is 10.1 Å². The molecule has 0 radical (unpaired) electrons. The number of fused-ring (bicyclic) bond motifs is 1.